The van der Waals surface area contributed by atoms with E-state index in [1.807, 2.05) is 24.3 Å². The van der Waals surface area contributed by atoms with Crippen LogP contribution in [0.1, 0.15) is 42.5 Å². The lowest BCUT2D eigenvalue weighted by Crippen LogP contribution is -2.21. The maximum absolute atomic E-state index is 12.9. The van der Waals surface area contributed by atoms with Crippen LogP contribution >= 0.6 is 0 Å². The van der Waals surface area contributed by atoms with Crippen LogP contribution in [0.25, 0.3) is 22.4 Å². The zero-order valence-electron chi connectivity index (χ0n) is 15.9. The predicted molar refractivity (Wildman–Crippen MR) is 105 cm³/mol. The molecular weight excluding hydrogens is 370 g/mol. The lowest BCUT2D eigenvalue weighted by atomic mass is 9.94. The molecule has 1 saturated carbocycles. The molecule has 6 heteroatoms. The van der Waals surface area contributed by atoms with Gasteiger partial charge in [-0.2, -0.15) is 0 Å². The van der Waals surface area contributed by atoms with Crippen LogP contribution in [-0.2, 0) is 9.53 Å². The Labute approximate surface area is 168 Å². The van der Waals surface area contributed by atoms with Crippen molar-refractivity contribution in [2.24, 2.45) is 5.92 Å². The summed E-state index contributed by atoms with van der Waals surface area (Å²) < 4.78 is 16.0. The molecule has 0 bridgehead atoms. The average Bonchev–Trinajstić information content (AvgIpc) is 3.49. The summed E-state index contributed by atoms with van der Waals surface area (Å²) in [5.41, 5.74) is 3.96. The second-order valence-corrected chi connectivity index (χ2v) is 7.67. The van der Waals surface area contributed by atoms with E-state index in [0.717, 1.165) is 47.9 Å². The number of hydrogen-bond donors (Lipinski definition) is 0. The largest absolute Gasteiger partial charge is 0.479 e. The molecule has 0 aromatic heterocycles. The maximum Gasteiger partial charge on any atom is 0.347 e. The Morgan fingerprint density at radius 2 is 1.79 bits per heavy atom. The molecule has 0 amide bonds. The number of carbonyl (C=O) groups is 2. The fourth-order valence-corrected chi connectivity index (χ4v) is 4.28. The van der Waals surface area contributed by atoms with Crippen LogP contribution in [0.2, 0.25) is 0 Å². The zero-order chi connectivity index (χ0) is 19.8. The molecule has 0 radical (unpaired) electrons. The number of aromatic nitrogens is 1. The van der Waals surface area contributed by atoms with Crippen molar-refractivity contribution < 1.29 is 23.6 Å². The summed E-state index contributed by atoms with van der Waals surface area (Å²) in [4.78, 5) is 24.5. The summed E-state index contributed by atoms with van der Waals surface area (Å²) in [6, 6.07) is 11.2. The minimum Gasteiger partial charge on any atom is -0.479 e. The van der Waals surface area contributed by atoms with Crippen molar-refractivity contribution in [1.82, 2.24) is 5.16 Å². The van der Waals surface area contributed by atoms with E-state index in [-0.39, 0.29) is 17.7 Å². The number of cyclic esters (lactones) is 1. The molecule has 0 N–H and O–H groups in total. The number of esters is 1. The predicted octanol–water partition coefficient (Wildman–Crippen LogP) is 4.51. The monoisotopic (exact) mass is 391 g/mol. The Kier molecular flexibility index (Phi) is 4.54. The summed E-state index contributed by atoms with van der Waals surface area (Å²) in [6.45, 7) is 0.397. The van der Waals surface area contributed by atoms with E-state index in [2.05, 4.69) is 5.16 Å². The second-order valence-electron chi connectivity index (χ2n) is 7.67. The molecule has 2 fully saturated rings. The van der Waals surface area contributed by atoms with Crippen molar-refractivity contribution in [2.45, 2.75) is 38.2 Å². The highest BCUT2D eigenvalue weighted by Gasteiger charge is 2.29. The van der Waals surface area contributed by atoms with Crippen LogP contribution in [0.3, 0.4) is 0 Å². The standard InChI is InChI=1S/C23H21NO5/c25-22(15-3-1-2-4-15)18-10-9-17-19(18)13-28-24-21(17)14-5-7-16(8-6-14)29-20-11-12-27-23(20)26/h5-10,13,15,20H,1-4,11-12H2. The van der Waals surface area contributed by atoms with Gasteiger partial charge < -0.3 is 14.0 Å². The summed E-state index contributed by atoms with van der Waals surface area (Å²) >= 11 is 0. The first-order valence-corrected chi connectivity index (χ1v) is 10.1. The Morgan fingerprint density at radius 3 is 2.52 bits per heavy atom. The van der Waals surface area contributed by atoms with Gasteiger partial charge in [0.25, 0.3) is 0 Å². The highest BCUT2D eigenvalue weighted by molar-refractivity contribution is 6.06. The van der Waals surface area contributed by atoms with E-state index >= 15 is 0 Å². The summed E-state index contributed by atoms with van der Waals surface area (Å²) in [5, 5.41) is 4.19. The van der Waals surface area contributed by atoms with E-state index in [1.165, 1.54) is 0 Å². The zero-order valence-corrected chi connectivity index (χ0v) is 15.9. The Bertz CT molecular complexity index is 1020. The number of fused-ring (bicyclic) bond motifs is 1. The third kappa shape index (κ3) is 3.28. The van der Waals surface area contributed by atoms with Gasteiger partial charge in [0.15, 0.2) is 11.9 Å². The molecule has 6 nitrogen and oxygen atoms in total. The first-order valence-electron chi connectivity index (χ1n) is 10.1. The van der Waals surface area contributed by atoms with Crippen LogP contribution in [0, 0.1) is 5.92 Å². The molecule has 1 unspecified atom stereocenters. The Morgan fingerprint density at radius 1 is 1.00 bits per heavy atom. The molecule has 5 rings (SSSR count). The normalized spacial score (nSPS) is 19.6. The molecular formula is C23H21NO5. The average molecular weight is 391 g/mol. The van der Waals surface area contributed by atoms with E-state index in [0.29, 0.717) is 24.5 Å². The number of ketones is 1. The van der Waals surface area contributed by atoms with Gasteiger partial charge in [0.05, 0.1) is 6.61 Å². The van der Waals surface area contributed by atoms with Gasteiger partial charge >= 0.3 is 5.97 Å². The highest BCUT2D eigenvalue weighted by Crippen LogP contribution is 2.38. The number of carbonyl (C=O) groups excluding carboxylic acids is 2. The topological polar surface area (TPSA) is 78.6 Å². The molecule has 148 valence electrons. The number of rotatable bonds is 5. The molecule has 1 atom stereocenters. The molecule has 1 aromatic carbocycles. The van der Waals surface area contributed by atoms with Crippen molar-refractivity contribution in [1.29, 1.82) is 0 Å². The summed E-state index contributed by atoms with van der Waals surface area (Å²) in [6.07, 6.45) is 5.76. The number of ether oxygens (including phenoxy) is 2. The molecule has 2 aliphatic carbocycles. The first-order chi connectivity index (χ1) is 14.2. The van der Waals surface area contributed by atoms with Gasteiger partial charge in [0.1, 0.15) is 17.7 Å². The van der Waals surface area contributed by atoms with Gasteiger partial charge in [0, 0.05) is 34.6 Å². The number of Topliss-reactive ketones (excluding diaryl/α,β-unsaturated/α-hetero) is 1. The van der Waals surface area contributed by atoms with E-state index < -0.39 is 6.10 Å². The lowest BCUT2D eigenvalue weighted by Gasteiger charge is -2.12. The van der Waals surface area contributed by atoms with Gasteiger partial charge in [-0.15, -0.1) is 0 Å². The van der Waals surface area contributed by atoms with Crippen molar-refractivity contribution in [3.05, 3.63) is 48.2 Å². The van der Waals surface area contributed by atoms with E-state index in [1.54, 1.807) is 18.4 Å². The molecule has 2 heterocycles. The summed E-state index contributed by atoms with van der Waals surface area (Å²) in [7, 11) is 0. The van der Waals surface area contributed by atoms with E-state index in [4.69, 9.17) is 14.0 Å². The first kappa shape index (κ1) is 17.9. The van der Waals surface area contributed by atoms with Gasteiger partial charge in [-0.05, 0) is 43.2 Å². The third-order valence-corrected chi connectivity index (χ3v) is 5.85. The van der Waals surface area contributed by atoms with Gasteiger partial charge in [-0.3, -0.25) is 4.79 Å². The maximum atomic E-state index is 12.9. The molecule has 1 saturated heterocycles. The Hall–Kier alpha value is -3.15. The van der Waals surface area contributed by atoms with Crippen LogP contribution in [0.15, 0.2) is 47.2 Å². The van der Waals surface area contributed by atoms with E-state index in [9.17, 15) is 9.59 Å². The molecule has 2 aliphatic heterocycles. The SMILES string of the molecule is O=C(c1ccc2c(-c3ccc(OC4CCOC4=O)cc3)nocc1-2)C1CCCC1. The quantitative estimate of drug-likeness (QED) is 0.470. The number of benzene rings is 1. The summed E-state index contributed by atoms with van der Waals surface area (Å²) in [5.74, 6) is 0.602. The van der Waals surface area contributed by atoms with Gasteiger partial charge in [0.2, 0.25) is 0 Å². The fraction of sp³-hybridized carbons (Fsp3) is 0.348. The van der Waals surface area contributed by atoms with Crippen LogP contribution in [0.5, 0.6) is 5.75 Å². The van der Waals surface area contributed by atoms with Crippen LogP contribution in [-0.4, -0.2) is 29.6 Å². The molecule has 0 spiro atoms. The second kappa shape index (κ2) is 7.35. The fourth-order valence-electron chi connectivity index (χ4n) is 4.28. The number of hydrogen-bond acceptors (Lipinski definition) is 6. The number of nitrogens with zero attached hydrogens (tertiary/aromatic N) is 1. The molecule has 4 aliphatic rings. The Balaban J connectivity index is 1.39. The van der Waals surface area contributed by atoms with Gasteiger partial charge in [-0.25, -0.2) is 4.79 Å². The highest BCUT2D eigenvalue weighted by atomic mass is 16.6. The van der Waals surface area contributed by atoms with Gasteiger partial charge in [-0.1, -0.05) is 24.1 Å². The third-order valence-electron chi connectivity index (χ3n) is 5.85. The smallest absolute Gasteiger partial charge is 0.347 e. The molecule has 1 aromatic rings. The van der Waals surface area contributed by atoms with Crippen molar-refractivity contribution in [3.63, 3.8) is 0 Å². The lowest BCUT2D eigenvalue weighted by molar-refractivity contribution is -0.143. The van der Waals surface area contributed by atoms with Crippen molar-refractivity contribution in [3.8, 4) is 28.1 Å². The minimum absolute atomic E-state index is 0.121. The molecule has 29 heavy (non-hydrogen) atoms. The van der Waals surface area contributed by atoms with Crippen LogP contribution < -0.4 is 4.74 Å². The minimum atomic E-state index is -0.545. The van der Waals surface area contributed by atoms with Crippen molar-refractivity contribution in [2.75, 3.05) is 6.61 Å². The van der Waals surface area contributed by atoms with Crippen LogP contribution in [0.4, 0.5) is 0 Å². The van der Waals surface area contributed by atoms with Crippen molar-refractivity contribution >= 4 is 11.8 Å².